The van der Waals surface area contributed by atoms with E-state index in [2.05, 4.69) is 25.9 Å². The van der Waals surface area contributed by atoms with E-state index in [0.717, 1.165) is 0 Å². The van der Waals surface area contributed by atoms with Gasteiger partial charge < -0.3 is 4.74 Å². The van der Waals surface area contributed by atoms with Crippen molar-refractivity contribution in [3.63, 3.8) is 0 Å². The largest absolute Gasteiger partial charge is 0.479 e. The first-order chi connectivity index (χ1) is 9.06. The number of ether oxygens (including phenoxy) is 1. The lowest BCUT2D eigenvalue weighted by molar-refractivity contribution is -0.122. The van der Waals surface area contributed by atoms with E-state index in [1.165, 1.54) is 6.07 Å². The van der Waals surface area contributed by atoms with E-state index in [9.17, 15) is 4.79 Å². The van der Waals surface area contributed by atoms with E-state index in [0.29, 0.717) is 15.8 Å². The molecule has 0 aliphatic carbocycles. The summed E-state index contributed by atoms with van der Waals surface area (Å²) in [6.45, 7) is 1.57. The topological polar surface area (TPSA) is 92.8 Å². The van der Waals surface area contributed by atoms with Crippen LogP contribution in [0.3, 0.4) is 0 Å². The van der Waals surface area contributed by atoms with Crippen LogP contribution in [0.15, 0.2) is 18.2 Å². The third-order valence-electron chi connectivity index (χ3n) is 2.15. The number of hydrogen-bond donors (Lipinski definition) is 2. The van der Waals surface area contributed by atoms with Gasteiger partial charge in [0.25, 0.3) is 11.9 Å². The molecule has 1 heterocycles. The summed E-state index contributed by atoms with van der Waals surface area (Å²) in [6.07, 6.45) is -0.780. The van der Waals surface area contributed by atoms with Crippen LogP contribution in [0.4, 0.5) is 5.95 Å². The lowest BCUT2D eigenvalue weighted by atomic mass is 10.3. The molecule has 0 saturated heterocycles. The molecule has 0 aliphatic rings. The highest BCUT2D eigenvalue weighted by Crippen LogP contribution is 2.28. The highest BCUT2D eigenvalue weighted by Gasteiger charge is 2.17. The van der Waals surface area contributed by atoms with Crippen molar-refractivity contribution < 1.29 is 9.53 Å². The number of nitrogens with zero attached hydrogens (tertiary/aromatic N) is 3. The predicted molar refractivity (Wildman–Crippen MR) is 69.4 cm³/mol. The van der Waals surface area contributed by atoms with Crippen molar-refractivity contribution in [3.05, 3.63) is 28.2 Å². The second kappa shape index (κ2) is 5.85. The molecule has 2 rings (SSSR count). The van der Waals surface area contributed by atoms with Crippen LogP contribution in [0.2, 0.25) is 10.0 Å². The Morgan fingerprint density at radius 3 is 2.89 bits per heavy atom. The summed E-state index contributed by atoms with van der Waals surface area (Å²) in [5.74, 6) is 0.0110. The number of H-pyrrole nitrogens is 1. The Labute approximate surface area is 118 Å². The molecule has 1 aromatic carbocycles. The Balaban J connectivity index is 2.00. The van der Waals surface area contributed by atoms with Gasteiger partial charge in [-0.05, 0) is 30.3 Å². The van der Waals surface area contributed by atoms with Crippen molar-refractivity contribution >= 4 is 35.1 Å². The second-order valence-corrected chi connectivity index (χ2v) is 4.40. The van der Waals surface area contributed by atoms with E-state index in [1.807, 2.05) is 0 Å². The number of anilines is 1. The quantitative estimate of drug-likeness (QED) is 0.900. The Morgan fingerprint density at radius 2 is 2.26 bits per heavy atom. The number of carbonyl (C=O) groups is 1. The summed E-state index contributed by atoms with van der Waals surface area (Å²) < 4.78 is 5.42. The van der Waals surface area contributed by atoms with Crippen molar-refractivity contribution in [2.45, 2.75) is 13.0 Å². The van der Waals surface area contributed by atoms with Gasteiger partial charge in [-0.25, -0.2) is 0 Å². The minimum absolute atomic E-state index is 0.0719. The van der Waals surface area contributed by atoms with Gasteiger partial charge in [0.15, 0.2) is 6.10 Å². The van der Waals surface area contributed by atoms with Gasteiger partial charge in [-0.1, -0.05) is 28.3 Å². The van der Waals surface area contributed by atoms with Crippen molar-refractivity contribution in [1.29, 1.82) is 0 Å². The molecule has 9 heteroatoms. The second-order valence-electron chi connectivity index (χ2n) is 3.56. The molecule has 0 spiro atoms. The highest BCUT2D eigenvalue weighted by atomic mass is 35.5. The molecule has 100 valence electrons. The fraction of sp³-hybridized carbons (Fsp3) is 0.200. The molecule has 1 atom stereocenters. The maximum atomic E-state index is 11.8. The minimum atomic E-state index is -0.780. The van der Waals surface area contributed by atoms with Crippen LogP contribution in [0.1, 0.15) is 6.92 Å². The molecule has 1 aromatic heterocycles. The van der Waals surface area contributed by atoms with Crippen molar-refractivity contribution in [2.75, 3.05) is 5.32 Å². The molecule has 0 saturated carbocycles. The summed E-state index contributed by atoms with van der Waals surface area (Å²) in [7, 11) is 0. The number of rotatable bonds is 4. The van der Waals surface area contributed by atoms with E-state index < -0.39 is 12.0 Å². The number of amides is 1. The third-order valence-corrected chi connectivity index (χ3v) is 2.68. The van der Waals surface area contributed by atoms with Gasteiger partial charge in [0.05, 0.1) is 5.02 Å². The average Bonchev–Trinajstić information content (AvgIpc) is 2.85. The first kappa shape index (κ1) is 13.6. The molecule has 1 unspecified atom stereocenters. The molecule has 1 amide bonds. The smallest absolute Gasteiger partial charge is 0.269 e. The maximum absolute atomic E-state index is 11.8. The number of hydrogen-bond acceptors (Lipinski definition) is 5. The van der Waals surface area contributed by atoms with Gasteiger partial charge >= 0.3 is 0 Å². The van der Waals surface area contributed by atoms with Gasteiger partial charge in [-0.2, -0.15) is 5.21 Å². The lowest BCUT2D eigenvalue weighted by Crippen LogP contribution is -2.30. The molecule has 0 aliphatic heterocycles. The van der Waals surface area contributed by atoms with Crippen LogP contribution in [0.5, 0.6) is 5.75 Å². The highest BCUT2D eigenvalue weighted by molar-refractivity contribution is 6.35. The summed E-state index contributed by atoms with van der Waals surface area (Å²) in [5.41, 5.74) is 0. The van der Waals surface area contributed by atoms with Crippen LogP contribution >= 0.6 is 23.2 Å². The third kappa shape index (κ3) is 3.55. The molecule has 0 radical (unpaired) electrons. The van der Waals surface area contributed by atoms with Crippen molar-refractivity contribution in [2.24, 2.45) is 0 Å². The van der Waals surface area contributed by atoms with Crippen LogP contribution in [0, 0.1) is 0 Å². The lowest BCUT2D eigenvalue weighted by Gasteiger charge is -2.14. The predicted octanol–water partition coefficient (Wildman–Crippen LogP) is 1.91. The van der Waals surface area contributed by atoms with Gasteiger partial charge in [-0.3, -0.25) is 10.1 Å². The maximum Gasteiger partial charge on any atom is 0.269 e. The Morgan fingerprint density at radius 1 is 1.47 bits per heavy atom. The van der Waals surface area contributed by atoms with Gasteiger partial charge in [0.2, 0.25) is 0 Å². The zero-order valence-corrected chi connectivity index (χ0v) is 11.2. The summed E-state index contributed by atoms with van der Waals surface area (Å²) in [5, 5.41) is 16.0. The minimum Gasteiger partial charge on any atom is -0.479 e. The molecule has 7 nitrogen and oxygen atoms in total. The van der Waals surface area contributed by atoms with Gasteiger partial charge in [0.1, 0.15) is 5.75 Å². The molecule has 2 N–H and O–H groups in total. The van der Waals surface area contributed by atoms with Crippen molar-refractivity contribution in [3.8, 4) is 5.75 Å². The molecule has 0 bridgehead atoms. The van der Waals surface area contributed by atoms with Crippen LogP contribution in [0.25, 0.3) is 0 Å². The summed E-state index contributed by atoms with van der Waals surface area (Å²) in [4.78, 5) is 11.8. The Hall–Kier alpha value is -1.86. The molecule has 2 aromatic rings. The van der Waals surface area contributed by atoms with Gasteiger partial charge in [0, 0.05) is 5.02 Å². The zero-order valence-electron chi connectivity index (χ0n) is 9.72. The number of carbonyl (C=O) groups excluding carboxylic acids is 1. The number of halogens is 2. The molecule has 19 heavy (non-hydrogen) atoms. The standard InChI is InChI=1S/C10H9Cl2N5O2/c1-5(9(18)13-10-14-16-17-15-10)19-8-3-2-6(11)4-7(8)12/h2-5H,1H3,(H2,13,14,15,16,17,18). The van der Waals surface area contributed by atoms with E-state index in [1.54, 1.807) is 19.1 Å². The monoisotopic (exact) mass is 301 g/mol. The molecule has 0 fully saturated rings. The van der Waals surface area contributed by atoms with E-state index >= 15 is 0 Å². The average molecular weight is 302 g/mol. The first-order valence-electron chi connectivity index (χ1n) is 5.22. The SMILES string of the molecule is CC(Oc1ccc(Cl)cc1Cl)C(=O)Nc1nn[nH]n1. The normalized spacial score (nSPS) is 11.9. The summed E-state index contributed by atoms with van der Waals surface area (Å²) in [6, 6.07) is 4.73. The van der Waals surface area contributed by atoms with Crippen molar-refractivity contribution in [1.82, 2.24) is 20.6 Å². The van der Waals surface area contributed by atoms with Crippen LogP contribution in [-0.4, -0.2) is 32.6 Å². The van der Waals surface area contributed by atoms with E-state index in [-0.39, 0.29) is 5.95 Å². The first-order valence-corrected chi connectivity index (χ1v) is 5.98. The van der Waals surface area contributed by atoms with Crippen LogP contribution in [-0.2, 0) is 4.79 Å². The van der Waals surface area contributed by atoms with Gasteiger partial charge in [-0.15, -0.1) is 5.10 Å². The zero-order chi connectivity index (χ0) is 13.8. The van der Waals surface area contributed by atoms with E-state index in [4.69, 9.17) is 27.9 Å². The number of tetrazole rings is 1. The van der Waals surface area contributed by atoms with Crippen LogP contribution < -0.4 is 10.1 Å². The number of benzene rings is 1. The summed E-state index contributed by atoms with van der Waals surface area (Å²) >= 11 is 11.7. The molecular weight excluding hydrogens is 293 g/mol. The Kier molecular flexibility index (Phi) is 4.18. The Bertz CT molecular complexity index is 575. The number of aromatic amines is 1. The fourth-order valence-electron chi connectivity index (χ4n) is 1.24. The number of aromatic nitrogens is 4. The fourth-order valence-corrected chi connectivity index (χ4v) is 1.69. The number of nitrogens with one attached hydrogen (secondary N) is 2. The molecular formula is C10H9Cl2N5O2.